The molecule has 0 saturated heterocycles. The molecule has 0 heterocycles. The molecule has 0 unspecified atom stereocenters. The molecule has 5 rings (SSSR count). The van der Waals surface area contributed by atoms with Gasteiger partial charge in [0.2, 0.25) is 0 Å². The van der Waals surface area contributed by atoms with Crippen LogP contribution in [-0.2, 0) is 12.8 Å². The van der Waals surface area contributed by atoms with Crippen molar-refractivity contribution in [2.24, 2.45) is 0 Å². The van der Waals surface area contributed by atoms with Crippen molar-refractivity contribution in [2.75, 3.05) is 0 Å². The summed E-state index contributed by atoms with van der Waals surface area (Å²) in [5, 5.41) is 3.17. The fraction of sp³-hybridized carbons (Fsp3) is 0.0833. The van der Waals surface area contributed by atoms with Crippen LogP contribution in [0.2, 0.25) is 0 Å². The predicted molar refractivity (Wildman–Crippen MR) is 114 cm³/mol. The summed E-state index contributed by atoms with van der Waals surface area (Å²) in [4.78, 5) is 0. The summed E-state index contributed by atoms with van der Waals surface area (Å²) in [6, 6.07) is 31.7. The van der Waals surface area contributed by atoms with Crippen molar-refractivity contribution in [1.29, 1.82) is 0 Å². The van der Waals surface area contributed by atoms with E-state index in [1.165, 1.54) is 20.9 Å². The van der Waals surface area contributed by atoms with Crippen molar-refractivity contribution in [1.82, 2.24) is 0 Å². The minimum absolute atomic E-state index is 0.361. The summed E-state index contributed by atoms with van der Waals surface area (Å²) >= 11 is -0.00592. The molecule has 0 N–H and O–H groups in total. The summed E-state index contributed by atoms with van der Waals surface area (Å²) in [5.74, 6) is 0. The van der Waals surface area contributed by atoms with Crippen LogP contribution in [0.25, 0.3) is 10.8 Å². The summed E-state index contributed by atoms with van der Waals surface area (Å²) in [5.41, 5.74) is 3.12. The van der Waals surface area contributed by atoms with E-state index in [0.29, 0.717) is 15.0 Å². The third-order valence-electron chi connectivity index (χ3n) is 4.86. The van der Waals surface area contributed by atoms with Gasteiger partial charge in [0, 0.05) is 0 Å². The standard InChI is InChI=1S/C24H18SeTe/c1-3-7-19(8-4-1)25-21-15-13-17-11-12-18-14-16-22(24(21)23(17)18)26-20-9-5-2-6-10-20/h1-10,13-16H,11-12H2. The van der Waals surface area contributed by atoms with Crippen molar-refractivity contribution < 1.29 is 0 Å². The summed E-state index contributed by atoms with van der Waals surface area (Å²) in [6.07, 6.45) is 2.42. The van der Waals surface area contributed by atoms with Crippen LogP contribution in [-0.4, -0.2) is 35.9 Å². The van der Waals surface area contributed by atoms with Crippen molar-refractivity contribution in [3.63, 3.8) is 0 Å². The van der Waals surface area contributed by atoms with Gasteiger partial charge in [-0.1, -0.05) is 0 Å². The average Bonchev–Trinajstić information content (AvgIpc) is 3.11. The second-order valence-corrected chi connectivity index (χ2v) is 12.0. The zero-order valence-corrected chi connectivity index (χ0v) is 18.4. The van der Waals surface area contributed by atoms with Crippen LogP contribution in [0, 0.1) is 0 Å². The zero-order chi connectivity index (χ0) is 17.3. The van der Waals surface area contributed by atoms with E-state index in [1.807, 2.05) is 0 Å². The van der Waals surface area contributed by atoms with Gasteiger partial charge in [-0.05, 0) is 0 Å². The van der Waals surface area contributed by atoms with E-state index < -0.39 is 0 Å². The summed E-state index contributed by atoms with van der Waals surface area (Å²) < 4.78 is 6.15. The molecule has 2 heteroatoms. The van der Waals surface area contributed by atoms with Gasteiger partial charge in [-0.25, -0.2) is 0 Å². The third-order valence-corrected chi connectivity index (χ3v) is 10.2. The molecule has 0 radical (unpaired) electrons. The molecule has 0 fully saturated rings. The van der Waals surface area contributed by atoms with Gasteiger partial charge in [-0.3, -0.25) is 0 Å². The number of benzene rings is 4. The van der Waals surface area contributed by atoms with Gasteiger partial charge in [-0.15, -0.1) is 0 Å². The Bertz CT molecular complexity index is 987. The second-order valence-electron chi connectivity index (χ2n) is 6.53. The molecule has 0 nitrogen and oxygen atoms in total. The van der Waals surface area contributed by atoms with Crippen LogP contribution in [0.3, 0.4) is 0 Å². The maximum atomic E-state index is 2.44. The molecular weight excluding hydrogens is 495 g/mol. The minimum atomic E-state index is -0.366. The number of hydrogen-bond acceptors (Lipinski definition) is 0. The molecule has 0 atom stereocenters. The van der Waals surface area contributed by atoms with E-state index in [2.05, 4.69) is 84.9 Å². The Morgan fingerprint density at radius 3 is 2.00 bits per heavy atom. The third kappa shape index (κ3) is 3.13. The van der Waals surface area contributed by atoms with Gasteiger partial charge in [0.15, 0.2) is 0 Å². The first-order valence-electron chi connectivity index (χ1n) is 8.92. The normalized spacial score (nSPS) is 12.6. The monoisotopic (exact) mass is 516 g/mol. The van der Waals surface area contributed by atoms with Crippen molar-refractivity contribution in [3.05, 3.63) is 96.1 Å². The van der Waals surface area contributed by atoms with Gasteiger partial charge >= 0.3 is 172 Å². The Hall–Kier alpha value is -1.55. The van der Waals surface area contributed by atoms with Crippen LogP contribution in [0.5, 0.6) is 0 Å². The summed E-state index contributed by atoms with van der Waals surface area (Å²) in [6.45, 7) is 0. The molecule has 0 amide bonds. The quantitative estimate of drug-likeness (QED) is 0.368. The molecule has 0 saturated carbocycles. The van der Waals surface area contributed by atoms with Crippen LogP contribution in [0.15, 0.2) is 84.9 Å². The van der Waals surface area contributed by atoms with E-state index in [1.54, 1.807) is 30.0 Å². The number of rotatable bonds is 4. The average molecular weight is 513 g/mol. The van der Waals surface area contributed by atoms with Crippen LogP contribution < -0.4 is 16.1 Å². The molecule has 0 bridgehead atoms. The molecule has 4 aromatic carbocycles. The van der Waals surface area contributed by atoms with Gasteiger partial charge in [0.05, 0.1) is 0 Å². The Balaban J connectivity index is 1.68. The first-order chi connectivity index (χ1) is 12.9. The zero-order valence-electron chi connectivity index (χ0n) is 14.3. The maximum absolute atomic E-state index is 2.44. The first kappa shape index (κ1) is 16.6. The molecule has 4 aromatic rings. The summed E-state index contributed by atoms with van der Waals surface area (Å²) in [7, 11) is 0. The topological polar surface area (TPSA) is 0 Å². The van der Waals surface area contributed by atoms with E-state index in [9.17, 15) is 0 Å². The number of aryl methyl sites for hydroxylation is 2. The molecule has 1 aliphatic carbocycles. The van der Waals surface area contributed by atoms with Crippen molar-refractivity contribution >= 4 is 62.8 Å². The molecule has 0 aromatic heterocycles. The fourth-order valence-electron chi connectivity index (χ4n) is 3.67. The van der Waals surface area contributed by atoms with Crippen LogP contribution in [0.4, 0.5) is 0 Å². The van der Waals surface area contributed by atoms with Crippen LogP contribution in [0.1, 0.15) is 11.1 Å². The Morgan fingerprint density at radius 1 is 0.615 bits per heavy atom. The Morgan fingerprint density at radius 2 is 1.27 bits per heavy atom. The fourth-order valence-corrected chi connectivity index (χ4v) is 9.06. The first-order valence-corrected chi connectivity index (χ1v) is 13.0. The molecule has 1 aliphatic rings. The van der Waals surface area contributed by atoms with E-state index in [4.69, 9.17) is 0 Å². The van der Waals surface area contributed by atoms with Gasteiger partial charge in [0.25, 0.3) is 0 Å². The van der Waals surface area contributed by atoms with E-state index in [-0.39, 0.29) is 20.9 Å². The molecule has 126 valence electrons. The molecule has 0 spiro atoms. The second kappa shape index (κ2) is 7.22. The predicted octanol–water partition coefficient (Wildman–Crippen LogP) is 2.25. The van der Waals surface area contributed by atoms with E-state index >= 15 is 0 Å². The Kier molecular flexibility index (Phi) is 4.61. The van der Waals surface area contributed by atoms with Crippen molar-refractivity contribution in [3.8, 4) is 0 Å². The van der Waals surface area contributed by atoms with Gasteiger partial charge in [-0.2, -0.15) is 0 Å². The number of hydrogen-bond donors (Lipinski definition) is 0. The molecule has 0 aliphatic heterocycles. The molecular formula is C24H18SeTe. The van der Waals surface area contributed by atoms with E-state index in [0.717, 1.165) is 0 Å². The molecule has 26 heavy (non-hydrogen) atoms. The van der Waals surface area contributed by atoms with Crippen LogP contribution >= 0.6 is 0 Å². The van der Waals surface area contributed by atoms with Crippen molar-refractivity contribution in [2.45, 2.75) is 12.8 Å². The Labute approximate surface area is 170 Å². The van der Waals surface area contributed by atoms with Gasteiger partial charge in [0.1, 0.15) is 0 Å². The van der Waals surface area contributed by atoms with Gasteiger partial charge < -0.3 is 0 Å². The SMILES string of the molecule is c1ccc([Se]c2ccc3c4c(ccc([Te]c5ccccc5)c24)CC3)cc1.